The van der Waals surface area contributed by atoms with Crippen LogP contribution in [0, 0.1) is 0 Å². The van der Waals surface area contributed by atoms with Crippen molar-refractivity contribution in [1.82, 2.24) is 0 Å². The molecule has 0 aliphatic heterocycles. The second-order valence-corrected chi connectivity index (χ2v) is 5.22. The maximum absolute atomic E-state index is 13.0. The average molecular weight is 324 g/mol. The molecule has 1 aliphatic rings. The van der Waals surface area contributed by atoms with Crippen LogP contribution >= 0.6 is 15.9 Å². The highest BCUT2D eigenvalue weighted by Crippen LogP contribution is 2.41. The van der Waals surface area contributed by atoms with Crippen LogP contribution < -0.4 is 4.90 Å². The number of halogens is 4. The minimum absolute atomic E-state index is 0.118. The maximum atomic E-state index is 13.0. The zero-order chi connectivity index (χ0) is 13.3. The summed E-state index contributed by atoms with van der Waals surface area (Å²) in [5.41, 5.74) is -0.500. The van der Waals surface area contributed by atoms with Crippen molar-refractivity contribution in [3.63, 3.8) is 0 Å². The fourth-order valence-corrected chi connectivity index (χ4v) is 2.32. The van der Waals surface area contributed by atoms with E-state index in [0.717, 1.165) is 18.9 Å². The highest BCUT2D eigenvalue weighted by atomic mass is 79.9. The number of aliphatic hydroxyl groups excluding tert-OH is 1. The van der Waals surface area contributed by atoms with Crippen molar-refractivity contribution in [3.8, 4) is 0 Å². The Morgan fingerprint density at radius 3 is 2.50 bits per heavy atom. The Labute approximate surface area is 112 Å². The van der Waals surface area contributed by atoms with Crippen molar-refractivity contribution in [2.75, 3.05) is 18.1 Å². The number of hydrogen-bond acceptors (Lipinski definition) is 2. The lowest BCUT2D eigenvalue weighted by atomic mass is 10.1. The lowest BCUT2D eigenvalue weighted by Crippen LogP contribution is -2.31. The van der Waals surface area contributed by atoms with Crippen LogP contribution in [0.2, 0.25) is 0 Å². The van der Waals surface area contributed by atoms with Crippen LogP contribution in [0.5, 0.6) is 0 Å². The molecule has 0 saturated heterocycles. The summed E-state index contributed by atoms with van der Waals surface area (Å²) in [6.45, 7) is 0.0739. The van der Waals surface area contributed by atoms with Gasteiger partial charge in [-0.2, -0.15) is 13.2 Å². The van der Waals surface area contributed by atoms with E-state index in [-0.39, 0.29) is 24.9 Å². The molecule has 2 nitrogen and oxygen atoms in total. The van der Waals surface area contributed by atoms with E-state index in [1.54, 1.807) is 4.90 Å². The second-order valence-electron chi connectivity index (χ2n) is 4.31. The molecule has 0 unspecified atom stereocenters. The molecule has 1 fully saturated rings. The van der Waals surface area contributed by atoms with Gasteiger partial charge >= 0.3 is 6.18 Å². The third-order valence-corrected chi connectivity index (χ3v) is 3.40. The van der Waals surface area contributed by atoms with Gasteiger partial charge in [0.15, 0.2) is 0 Å². The van der Waals surface area contributed by atoms with Crippen molar-refractivity contribution in [2.45, 2.75) is 25.1 Å². The van der Waals surface area contributed by atoms with E-state index in [2.05, 4.69) is 15.9 Å². The van der Waals surface area contributed by atoms with Crippen LogP contribution in [0.15, 0.2) is 22.7 Å². The van der Waals surface area contributed by atoms with Gasteiger partial charge < -0.3 is 10.0 Å². The molecule has 1 aliphatic carbocycles. The Morgan fingerprint density at radius 1 is 1.33 bits per heavy atom. The van der Waals surface area contributed by atoms with Gasteiger partial charge in [-0.15, -0.1) is 0 Å². The van der Waals surface area contributed by atoms with Crippen LogP contribution in [-0.2, 0) is 6.18 Å². The number of alkyl halides is 3. The molecule has 0 atom stereocenters. The Bertz CT molecular complexity index is 432. The van der Waals surface area contributed by atoms with Crippen LogP contribution in [0.4, 0.5) is 18.9 Å². The molecule has 0 heterocycles. The SMILES string of the molecule is OCCN(c1cc(Br)ccc1C(F)(F)F)C1CC1. The third-order valence-electron chi connectivity index (χ3n) is 2.90. The van der Waals surface area contributed by atoms with Gasteiger partial charge in [-0.05, 0) is 31.0 Å². The minimum atomic E-state index is -4.38. The number of hydrogen-bond donors (Lipinski definition) is 1. The zero-order valence-electron chi connectivity index (χ0n) is 9.54. The summed E-state index contributed by atoms with van der Waals surface area (Å²) < 4.78 is 39.5. The molecule has 1 aromatic carbocycles. The Balaban J connectivity index is 2.42. The summed E-state index contributed by atoms with van der Waals surface area (Å²) in [6, 6.07) is 4.05. The van der Waals surface area contributed by atoms with E-state index in [0.29, 0.717) is 4.47 Å². The molecule has 6 heteroatoms. The van der Waals surface area contributed by atoms with Crippen LogP contribution in [0.3, 0.4) is 0 Å². The molecule has 18 heavy (non-hydrogen) atoms. The summed E-state index contributed by atoms with van der Waals surface area (Å²) in [5.74, 6) is 0. The van der Waals surface area contributed by atoms with Gasteiger partial charge in [0, 0.05) is 17.1 Å². The molecule has 0 spiro atoms. The zero-order valence-corrected chi connectivity index (χ0v) is 11.1. The predicted molar refractivity (Wildman–Crippen MR) is 66.6 cm³/mol. The number of anilines is 1. The van der Waals surface area contributed by atoms with Crippen molar-refractivity contribution in [1.29, 1.82) is 0 Å². The molecule has 100 valence electrons. The summed E-state index contributed by atoms with van der Waals surface area (Å²) in [4.78, 5) is 1.65. The highest BCUT2D eigenvalue weighted by Gasteiger charge is 2.38. The molecule has 0 bridgehead atoms. The first-order valence-corrected chi connectivity index (χ1v) is 6.47. The van der Waals surface area contributed by atoms with Crippen molar-refractivity contribution >= 4 is 21.6 Å². The van der Waals surface area contributed by atoms with E-state index >= 15 is 0 Å². The van der Waals surface area contributed by atoms with Gasteiger partial charge in [-0.25, -0.2) is 0 Å². The van der Waals surface area contributed by atoms with Crippen LogP contribution in [0.25, 0.3) is 0 Å². The fraction of sp³-hybridized carbons (Fsp3) is 0.500. The first kappa shape index (κ1) is 13.7. The Kier molecular flexibility index (Phi) is 3.87. The lowest BCUT2D eigenvalue weighted by Gasteiger charge is -2.27. The molecule has 1 N–H and O–H groups in total. The quantitative estimate of drug-likeness (QED) is 0.917. The van der Waals surface area contributed by atoms with Gasteiger partial charge in [0.1, 0.15) is 0 Å². The van der Waals surface area contributed by atoms with E-state index in [1.807, 2.05) is 0 Å². The summed E-state index contributed by atoms with van der Waals surface area (Å²) in [7, 11) is 0. The van der Waals surface area contributed by atoms with Crippen molar-refractivity contribution in [2.24, 2.45) is 0 Å². The monoisotopic (exact) mass is 323 g/mol. The van der Waals surface area contributed by atoms with Crippen molar-refractivity contribution < 1.29 is 18.3 Å². The fourth-order valence-electron chi connectivity index (χ4n) is 1.98. The molecule has 0 aromatic heterocycles. The van der Waals surface area contributed by atoms with E-state index in [1.165, 1.54) is 12.1 Å². The molecule has 1 saturated carbocycles. The Morgan fingerprint density at radius 2 is 2.00 bits per heavy atom. The predicted octanol–water partition coefficient (Wildman–Crippen LogP) is 3.43. The first-order chi connectivity index (χ1) is 8.43. The number of aliphatic hydroxyl groups is 1. The van der Waals surface area contributed by atoms with Gasteiger partial charge in [-0.1, -0.05) is 15.9 Å². The van der Waals surface area contributed by atoms with Gasteiger partial charge in [0.05, 0.1) is 17.9 Å². The number of nitrogens with zero attached hydrogens (tertiary/aromatic N) is 1. The van der Waals surface area contributed by atoms with Gasteiger partial charge in [0.2, 0.25) is 0 Å². The average Bonchev–Trinajstić information content (AvgIpc) is 3.07. The van der Waals surface area contributed by atoms with E-state index in [4.69, 9.17) is 5.11 Å². The third kappa shape index (κ3) is 2.98. The standard InChI is InChI=1S/C12H13BrF3NO/c13-8-1-4-10(12(14,15)16)11(7-8)17(5-6-18)9-2-3-9/h1,4,7,9,18H,2-3,5-6H2. The highest BCUT2D eigenvalue weighted by molar-refractivity contribution is 9.10. The second kappa shape index (κ2) is 5.09. The first-order valence-electron chi connectivity index (χ1n) is 5.67. The topological polar surface area (TPSA) is 23.5 Å². The van der Waals surface area contributed by atoms with E-state index in [9.17, 15) is 13.2 Å². The maximum Gasteiger partial charge on any atom is 0.418 e. The molecular weight excluding hydrogens is 311 g/mol. The number of rotatable bonds is 4. The summed E-state index contributed by atoms with van der Waals surface area (Å²) in [6.07, 6.45) is -2.62. The van der Waals surface area contributed by atoms with Crippen LogP contribution in [0.1, 0.15) is 18.4 Å². The lowest BCUT2D eigenvalue weighted by molar-refractivity contribution is -0.137. The normalized spacial score (nSPS) is 15.8. The van der Waals surface area contributed by atoms with Gasteiger partial charge in [-0.3, -0.25) is 0 Å². The van der Waals surface area contributed by atoms with Crippen LogP contribution in [-0.4, -0.2) is 24.3 Å². The smallest absolute Gasteiger partial charge is 0.395 e. The number of benzene rings is 1. The minimum Gasteiger partial charge on any atom is -0.395 e. The van der Waals surface area contributed by atoms with Gasteiger partial charge in [0.25, 0.3) is 0 Å². The molecule has 2 rings (SSSR count). The largest absolute Gasteiger partial charge is 0.418 e. The van der Waals surface area contributed by atoms with Crippen molar-refractivity contribution in [3.05, 3.63) is 28.2 Å². The molecule has 1 aromatic rings. The Hall–Kier alpha value is -0.750. The molecule has 0 amide bonds. The summed E-state index contributed by atoms with van der Waals surface area (Å²) >= 11 is 3.20. The van der Waals surface area contributed by atoms with E-state index < -0.39 is 11.7 Å². The molecule has 0 radical (unpaired) electrons. The summed E-state index contributed by atoms with van der Waals surface area (Å²) in [5, 5.41) is 9.00. The molecular formula is C12H13BrF3NO.